The maximum atomic E-state index is 12.4. The van der Waals surface area contributed by atoms with Crippen LogP contribution in [0.25, 0.3) is 0 Å². The van der Waals surface area contributed by atoms with E-state index in [0.29, 0.717) is 36.1 Å². The fourth-order valence-corrected chi connectivity index (χ4v) is 2.52. The lowest BCUT2D eigenvalue weighted by atomic mass is 9.87. The van der Waals surface area contributed by atoms with Gasteiger partial charge >= 0.3 is 0 Å². The number of nitrogens with two attached hydrogens (primary N) is 1. The van der Waals surface area contributed by atoms with Crippen molar-refractivity contribution in [3.63, 3.8) is 0 Å². The average Bonchev–Trinajstić information content (AvgIpc) is 2.42. The lowest BCUT2D eigenvalue weighted by Gasteiger charge is -2.19. The second-order valence-electron chi connectivity index (χ2n) is 5.75. The molecule has 0 saturated carbocycles. The van der Waals surface area contributed by atoms with Crippen LogP contribution in [0.3, 0.4) is 0 Å². The molecule has 0 aliphatic heterocycles. The van der Waals surface area contributed by atoms with E-state index in [1.165, 1.54) is 0 Å². The molecular weight excluding hydrogens is 250 g/mol. The summed E-state index contributed by atoms with van der Waals surface area (Å²) in [7, 11) is 1.60. The number of ketones is 1. The van der Waals surface area contributed by atoms with Crippen molar-refractivity contribution in [2.75, 3.05) is 13.7 Å². The van der Waals surface area contributed by atoms with Gasteiger partial charge in [-0.05, 0) is 50.3 Å². The highest BCUT2D eigenvalue weighted by Crippen LogP contribution is 2.25. The van der Waals surface area contributed by atoms with Crippen molar-refractivity contribution < 1.29 is 9.53 Å². The third kappa shape index (κ3) is 4.64. The highest BCUT2D eigenvalue weighted by Gasteiger charge is 2.17. The van der Waals surface area contributed by atoms with Crippen LogP contribution in [0.1, 0.15) is 49.0 Å². The van der Waals surface area contributed by atoms with Crippen LogP contribution in [-0.2, 0) is 0 Å². The summed E-state index contributed by atoms with van der Waals surface area (Å²) in [6, 6.07) is 5.73. The number of Topliss-reactive ketones (excluding diaryl/α,β-unsaturated/α-hetero) is 1. The minimum atomic E-state index is 0.160. The monoisotopic (exact) mass is 277 g/mol. The highest BCUT2D eigenvalue weighted by atomic mass is 16.5. The topological polar surface area (TPSA) is 52.3 Å². The molecule has 0 fully saturated rings. The standard InChI is InChI=1S/C17H27NO2/c1-12(2)14(9-10-18)6-7-16(19)15-11-13(3)5-8-17(15)20-4/h5,8,11-12,14H,6-7,9-10,18H2,1-4H3. The van der Waals surface area contributed by atoms with E-state index < -0.39 is 0 Å². The summed E-state index contributed by atoms with van der Waals surface area (Å²) in [6.45, 7) is 7.06. The Morgan fingerprint density at radius 2 is 2.00 bits per heavy atom. The van der Waals surface area contributed by atoms with E-state index in [4.69, 9.17) is 10.5 Å². The van der Waals surface area contributed by atoms with Gasteiger partial charge < -0.3 is 10.5 Å². The van der Waals surface area contributed by atoms with Crippen molar-refractivity contribution in [2.45, 2.75) is 40.0 Å². The lowest BCUT2D eigenvalue weighted by Crippen LogP contribution is -2.16. The van der Waals surface area contributed by atoms with Crippen molar-refractivity contribution in [3.05, 3.63) is 29.3 Å². The Balaban J connectivity index is 2.73. The number of carbonyl (C=O) groups excluding carboxylic acids is 1. The summed E-state index contributed by atoms with van der Waals surface area (Å²) in [4.78, 5) is 12.4. The summed E-state index contributed by atoms with van der Waals surface area (Å²) < 4.78 is 5.28. The molecular formula is C17H27NO2. The van der Waals surface area contributed by atoms with E-state index >= 15 is 0 Å². The number of carbonyl (C=O) groups is 1. The van der Waals surface area contributed by atoms with Crippen LogP contribution < -0.4 is 10.5 Å². The first-order valence-electron chi connectivity index (χ1n) is 7.37. The summed E-state index contributed by atoms with van der Waals surface area (Å²) >= 11 is 0. The largest absolute Gasteiger partial charge is 0.496 e. The van der Waals surface area contributed by atoms with E-state index in [1.54, 1.807) is 7.11 Å². The second kappa shape index (κ2) is 8.05. The zero-order valence-electron chi connectivity index (χ0n) is 13.1. The number of aryl methyl sites for hydroxylation is 1. The van der Waals surface area contributed by atoms with Crippen LogP contribution in [0.2, 0.25) is 0 Å². The number of benzene rings is 1. The van der Waals surface area contributed by atoms with Crippen molar-refractivity contribution >= 4 is 5.78 Å². The zero-order chi connectivity index (χ0) is 15.1. The van der Waals surface area contributed by atoms with Gasteiger partial charge in [0.05, 0.1) is 12.7 Å². The average molecular weight is 277 g/mol. The molecule has 0 saturated heterocycles. The zero-order valence-corrected chi connectivity index (χ0v) is 13.1. The lowest BCUT2D eigenvalue weighted by molar-refractivity contribution is 0.0966. The fraction of sp³-hybridized carbons (Fsp3) is 0.588. The van der Waals surface area contributed by atoms with Crippen molar-refractivity contribution in [2.24, 2.45) is 17.6 Å². The van der Waals surface area contributed by atoms with Crippen LogP contribution in [0.5, 0.6) is 5.75 Å². The molecule has 0 aliphatic rings. The van der Waals surface area contributed by atoms with E-state index in [1.807, 2.05) is 25.1 Å². The molecule has 1 aromatic rings. The van der Waals surface area contributed by atoms with Gasteiger partial charge in [0.1, 0.15) is 5.75 Å². The number of hydrogen-bond acceptors (Lipinski definition) is 3. The van der Waals surface area contributed by atoms with Gasteiger partial charge in [0.15, 0.2) is 5.78 Å². The molecule has 0 heterocycles. The van der Waals surface area contributed by atoms with E-state index in [2.05, 4.69) is 13.8 Å². The first-order valence-corrected chi connectivity index (χ1v) is 7.37. The Bertz CT molecular complexity index is 441. The van der Waals surface area contributed by atoms with Crippen LogP contribution in [0, 0.1) is 18.8 Å². The molecule has 0 radical (unpaired) electrons. The van der Waals surface area contributed by atoms with Crippen molar-refractivity contribution in [3.8, 4) is 5.75 Å². The van der Waals surface area contributed by atoms with Gasteiger partial charge in [-0.15, -0.1) is 0 Å². The minimum Gasteiger partial charge on any atom is -0.496 e. The Kier molecular flexibility index (Phi) is 6.73. The SMILES string of the molecule is COc1ccc(C)cc1C(=O)CCC(CCN)C(C)C. The maximum absolute atomic E-state index is 12.4. The maximum Gasteiger partial charge on any atom is 0.166 e. The Morgan fingerprint density at radius 1 is 1.30 bits per heavy atom. The summed E-state index contributed by atoms with van der Waals surface area (Å²) in [5.74, 6) is 1.90. The number of ether oxygens (including phenoxy) is 1. The van der Waals surface area contributed by atoms with Gasteiger partial charge in [0.2, 0.25) is 0 Å². The van der Waals surface area contributed by atoms with Crippen molar-refractivity contribution in [1.82, 2.24) is 0 Å². The number of hydrogen-bond donors (Lipinski definition) is 1. The van der Waals surface area contributed by atoms with E-state index in [-0.39, 0.29) is 5.78 Å². The quantitative estimate of drug-likeness (QED) is 0.739. The molecule has 2 N–H and O–H groups in total. The molecule has 0 amide bonds. The Morgan fingerprint density at radius 3 is 2.55 bits per heavy atom. The summed E-state index contributed by atoms with van der Waals surface area (Å²) in [5.41, 5.74) is 7.42. The van der Waals surface area contributed by atoms with Crippen LogP contribution in [0.4, 0.5) is 0 Å². The van der Waals surface area contributed by atoms with Gasteiger partial charge in [-0.1, -0.05) is 25.5 Å². The molecule has 1 rings (SSSR count). The molecule has 3 nitrogen and oxygen atoms in total. The molecule has 20 heavy (non-hydrogen) atoms. The first-order chi connectivity index (χ1) is 9.49. The normalized spacial score (nSPS) is 12.5. The second-order valence-corrected chi connectivity index (χ2v) is 5.75. The molecule has 0 spiro atoms. The predicted octanol–water partition coefficient (Wildman–Crippen LogP) is 3.59. The highest BCUT2D eigenvalue weighted by molar-refractivity contribution is 5.98. The number of methoxy groups -OCH3 is 1. The minimum absolute atomic E-state index is 0.160. The Hall–Kier alpha value is -1.35. The van der Waals surface area contributed by atoms with Gasteiger partial charge in [0.25, 0.3) is 0 Å². The van der Waals surface area contributed by atoms with Crippen LogP contribution in [0.15, 0.2) is 18.2 Å². The third-order valence-corrected chi connectivity index (χ3v) is 3.88. The smallest absolute Gasteiger partial charge is 0.166 e. The number of rotatable bonds is 8. The van der Waals surface area contributed by atoms with Crippen molar-refractivity contribution in [1.29, 1.82) is 0 Å². The molecule has 1 atom stereocenters. The fourth-order valence-electron chi connectivity index (χ4n) is 2.52. The first kappa shape index (κ1) is 16.7. The van der Waals surface area contributed by atoms with E-state index in [0.717, 1.165) is 18.4 Å². The van der Waals surface area contributed by atoms with Gasteiger partial charge in [-0.3, -0.25) is 4.79 Å². The molecule has 0 bridgehead atoms. The molecule has 1 unspecified atom stereocenters. The third-order valence-electron chi connectivity index (χ3n) is 3.88. The molecule has 0 aliphatic carbocycles. The predicted molar refractivity (Wildman–Crippen MR) is 83.3 cm³/mol. The van der Waals surface area contributed by atoms with E-state index in [9.17, 15) is 4.79 Å². The van der Waals surface area contributed by atoms with Gasteiger partial charge in [0, 0.05) is 6.42 Å². The van der Waals surface area contributed by atoms with Crippen LogP contribution >= 0.6 is 0 Å². The van der Waals surface area contributed by atoms with Gasteiger partial charge in [-0.25, -0.2) is 0 Å². The summed E-state index contributed by atoms with van der Waals surface area (Å²) in [5, 5.41) is 0. The van der Waals surface area contributed by atoms with Gasteiger partial charge in [-0.2, -0.15) is 0 Å². The molecule has 0 aromatic heterocycles. The summed E-state index contributed by atoms with van der Waals surface area (Å²) in [6.07, 6.45) is 2.43. The van der Waals surface area contributed by atoms with Crippen LogP contribution in [-0.4, -0.2) is 19.4 Å². The molecule has 3 heteroatoms. The molecule has 1 aromatic carbocycles. The molecule has 112 valence electrons. The Labute approximate surface area is 122 Å².